The maximum absolute atomic E-state index is 4.38. The summed E-state index contributed by atoms with van der Waals surface area (Å²) >= 11 is 0. The van der Waals surface area contributed by atoms with Crippen molar-refractivity contribution >= 4 is 11.6 Å². The molecule has 0 radical (unpaired) electrons. The van der Waals surface area contributed by atoms with E-state index in [4.69, 9.17) is 0 Å². The Morgan fingerprint density at radius 2 is 2.41 bits per heavy atom. The minimum Gasteiger partial charge on any atom is -0.347 e. The first kappa shape index (κ1) is 9.83. The van der Waals surface area contributed by atoms with Gasteiger partial charge in [-0.1, -0.05) is 0 Å². The fourth-order valence-corrected chi connectivity index (χ4v) is 1.61. The smallest absolute Gasteiger partial charge is 0.243 e. The van der Waals surface area contributed by atoms with Gasteiger partial charge in [0.2, 0.25) is 5.95 Å². The van der Waals surface area contributed by atoms with Crippen LogP contribution in [0.5, 0.6) is 0 Å². The number of aryl methyl sites for hydroxylation is 1. The van der Waals surface area contributed by atoms with Crippen LogP contribution >= 0.6 is 0 Å². The van der Waals surface area contributed by atoms with Gasteiger partial charge in [0, 0.05) is 12.4 Å². The standard InChI is InChI=1S/C11H12N6/c1-8-2-3-17-10(4-8)15-11(16-17)13-6-9-5-12-7-14-9/h2-5,7H,6H2,1H3,(H,12,14)(H,13,16). The number of imidazole rings is 1. The third-order valence-corrected chi connectivity index (χ3v) is 2.48. The summed E-state index contributed by atoms with van der Waals surface area (Å²) in [7, 11) is 0. The third-order valence-electron chi connectivity index (χ3n) is 2.48. The van der Waals surface area contributed by atoms with Gasteiger partial charge in [-0.05, 0) is 24.6 Å². The Labute approximate surface area is 97.7 Å². The van der Waals surface area contributed by atoms with Crippen molar-refractivity contribution in [2.45, 2.75) is 13.5 Å². The predicted octanol–water partition coefficient (Wildman–Crippen LogP) is 1.37. The summed E-state index contributed by atoms with van der Waals surface area (Å²) in [6, 6.07) is 3.99. The molecule has 6 heteroatoms. The highest BCUT2D eigenvalue weighted by Crippen LogP contribution is 2.08. The van der Waals surface area contributed by atoms with E-state index in [0.29, 0.717) is 12.5 Å². The molecule has 17 heavy (non-hydrogen) atoms. The summed E-state index contributed by atoms with van der Waals surface area (Å²) in [6.45, 7) is 2.67. The van der Waals surface area contributed by atoms with E-state index in [0.717, 1.165) is 11.3 Å². The van der Waals surface area contributed by atoms with E-state index in [9.17, 15) is 0 Å². The van der Waals surface area contributed by atoms with E-state index in [-0.39, 0.29) is 0 Å². The molecule has 3 aromatic heterocycles. The number of rotatable bonds is 3. The molecule has 3 heterocycles. The average molecular weight is 228 g/mol. The molecule has 3 aromatic rings. The van der Waals surface area contributed by atoms with Crippen molar-refractivity contribution in [3.63, 3.8) is 0 Å². The predicted molar refractivity (Wildman–Crippen MR) is 63.6 cm³/mol. The summed E-state index contributed by atoms with van der Waals surface area (Å²) in [5, 5.41) is 7.46. The molecule has 3 rings (SSSR count). The molecule has 0 bridgehead atoms. The van der Waals surface area contributed by atoms with Crippen molar-refractivity contribution in [1.29, 1.82) is 0 Å². The van der Waals surface area contributed by atoms with Crippen molar-refractivity contribution < 1.29 is 0 Å². The molecular formula is C11H12N6. The molecule has 0 unspecified atom stereocenters. The Morgan fingerprint density at radius 1 is 1.47 bits per heavy atom. The summed E-state index contributed by atoms with van der Waals surface area (Å²) < 4.78 is 1.75. The Kier molecular flexibility index (Phi) is 2.25. The van der Waals surface area contributed by atoms with Crippen LogP contribution in [0.15, 0.2) is 30.9 Å². The highest BCUT2D eigenvalue weighted by atomic mass is 15.3. The molecule has 0 spiro atoms. The zero-order valence-electron chi connectivity index (χ0n) is 9.38. The number of nitrogens with zero attached hydrogens (tertiary/aromatic N) is 4. The second kappa shape index (κ2) is 3.89. The molecule has 0 atom stereocenters. The number of anilines is 1. The summed E-state index contributed by atoms with van der Waals surface area (Å²) in [5.74, 6) is 0.616. The molecule has 0 saturated carbocycles. The zero-order valence-corrected chi connectivity index (χ0v) is 9.38. The van der Waals surface area contributed by atoms with E-state index >= 15 is 0 Å². The number of aromatic nitrogens is 5. The van der Waals surface area contributed by atoms with Gasteiger partial charge in [-0.15, -0.1) is 5.10 Å². The van der Waals surface area contributed by atoms with E-state index in [1.54, 1.807) is 17.0 Å². The van der Waals surface area contributed by atoms with Gasteiger partial charge in [0.15, 0.2) is 5.65 Å². The SMILES string of the molecule is Cc1ccn2nc(NCc3cnc[nH]3)nc2c1. The number of H-pyrrole nitrogens is 1. The average Bonchev–Trinajstić information content (AvgIpc) is 2.94. The minimum atomic E-state index is 0.616. The van der Waals surface area contributed by atoms with Crippen LogP contribution in [0.1, 0.15) is 11.3 Å². The number of hydrogen-bond donors (Lipinski definition) is 2. The van der Waals surface area contributed by atoms with Crippen molar-refractivity contribution in [3.8, 4) is 0 Å². The van der Waals surface area contributed by atoms with E-state index in [1.807, 2.05) is 25.3 Å². The Hall–Kier alpha value is -2.37. The van der Waals surface area contributed by atoms with Crippen LogP contribution in [0.25, 0.3) is 5.65 Å². The second-order valence-electron chi connectivity index (χ2n) is 3.87. The molecule has 86 valence electrons. The molecule has 0 aromatic carbocycles. The van der Waals surface area contributed by atoms with Crippen molar-refractivity contribution in [2.75, 3.05) is 5.32 Å². The summed E-state index contributed by atoms with van der Waals surface area (Å²) in [5.41, 5.74) is 3.02. The van der Waals surface area contributed by atoms with Crippen LogP contribution in [0.3, 0.4) is 0 Å². The lowest BCUT2D eigenvalue weighted by molar-refractivity contribution is 0.942. The topological polar surface area (TPSA) is 70.9 Å². The number of pyridine rings is 1. The maximum atomic E-state index is 4.38. The van der Waals surface area contributed by atoms with Gasteiger partial charge in [0.1, 0.15) is 0 Å². The monoisotopic (exact) mass is 228 g/mol. The number of aromatic amines is 1. The molecule has 0 aliphatic carbocycles. The molecular weight excluding hydrogens is 216 g/mol. The van der Waals surface area contributed by atoms with Crippen molar-refractivity contribution in [2.24, 2.45) is 0 Å². The number of fused-ring (bicyclic) bond motifs is 1. The van der Waals surface area contributed by atoms with Crippen LogP contribution in [-0.4, -0.2) is 24.6 Å². The Bertz CT molecular complexity index is 625. The van der Waals surface area contributed by atoms with Crippen molar-refractivity contribution in [3.05, 3.63) is 42.1 Å². The van der Waals surface area contributed by atoms with Crippen LogP contribution in [0, 0.1) is 6.92 Å². The lowest BCUT2D eigenvalue weighted by atomic mass is 10.3. The van der Waals surface area contributed by atoms with E-state index in [1.165, 1.54) is 5.56 Å². The van der Waals surface area contributed by atoms with Gasteiger partial charge in [-0.3, -0.25) is 0 Å². The molecule has 0 aliphatic rings. The molecule has 6 nitrogen and oxygen atoms in total. The fraction of sp³-hybridized carbons (Fsp3) is 0.182. The largest absolute Gasteiger partial charge is 0.347 e. The van der Waals surface area contributed by atoms with Gasteiger partial charge in [-0.2, -0.15) is 4.98 Å². The van der Waals surface area contributed by atoms with Crippen LogP contribution in [-0.2, 0) is 6.54 Å². The number of nitrogens with one attached hydrogen (secondary N) is 2. The Morgan fingerprint density at radius 3 is 3.24 bits per heavy atom. The summed E-state index contributed by atoms with van der Waals surface area (Å²) in [6.07, 6.45) is 5.32. The van der Waals surface area contributed by atoms with E-state index < -0.39 is 0 Å². The molecule has 0 aliphatic heterocycles. The van der Waals surface area contributed by atoms with Gasteiger partial charge in [-0.25, -0.2) is 9.50 Å². The normalized spacial score (nSPS) is 10.9. The van der Waals surface area contributed by atoms with Crippen LogP contribution < -0.4 is 5.32 Å². The van der Waals surface area contributed by atoms with Crippen molar-refractivity contribution in [1.82, 2.24) is 24.6 Å². The molecule has 0 amide bonds. The fourth-order valence-electron chi connectivity index (χ4n) is 1.61. The first-order valence-electron chi connectivity index (χ1n) is 5.35. The molecule has 0 fully saturated rings. The second-order valence-corrected chi connectivity index (χ2v) is 3.87. The number of hydrogen-bond acceptors (Lipinski definition) is 4. The lowest BCUT2D eigenvalue weighted by Crippen LogP contribution is -2.01. The lowest BCUT2D eigenvalue weighted by Gasteiger charge is -1.96. The molecule has 2 N–H and O–H groups in total. The van der Waals surface area contributed by atoms with Gasteiger partial charge >= 0.3 is 0 Å². The van der Waals surface area contributed by atoms with Gasteiger partial charge in [0.25, 0.3) is 0 Å². The Balaban J connectivity index is 1.81. The highest BCUT2D eigenvalue weighted by Gasteiger charge is 2.03. The maximum Gasteiger partial charge on any atom is 0.243 e. The first-order chi connectivity index (χ1) is 8.31. The first-order valence-corrected chi connectivity index (χ1v) is 5.35. The zero-order chi connectivity index (χ0) is 11.7. The van der Waals surface area contributed by atoms with E-state index in [2.05, 4.69) is 25.4 Å². The summed E-state index contributed by atoms with van der Waals surface area (Å²) in [4.78, 5) is 11.3. The minimum absolute atomic E-state index is 0.616. The quantitative estimate of drug-likeness (QED) is 0.710. The van der Waals surface area contributed by atoms with Gasteiger partial charge in [0.05, 0.1) is 18.6 Å². The third kappa shape index (κ3) is 1.96. The van der Waals surface area contributed by atoms with Crippen LogP contribution in [0.4, 0.5) is 5.95 Å². The van der Waals surface area contributed by atoms with Gasteiger partial charge < -0.3 is 10.3 Å². The highest BCUT2D eigenvalue weighted by molar-refractivity contribution is 5.45. The molecule has 0 saturated heterocycles. The van der Waals surface area contributed by atoms with Crippen LogP contribution in [0.2, 0.25) is 0 Å².